The Kier molecular flexibility index (Phi) is 6.69. The third-order valence-corrected chi connectivity index (χ3v) is 8.50. The van der Waals surface area contributed by atoms with Crippen LogP contribution in [0.3, 0.4) is 0 Å². The Morgan fingerprint density at radius 3 is 2.62 bits per heavy atom. The molecule has 2 aliphatic rings. The zero-order valence-corrected chi connectivity index (χ0v) is 22.3. The number of piperazine rings is 1. The number of nitrogens with one attached hydrogen (secondary N) is 1. The largest absolute Gasteiger partial charge is 0.443 e. The van der Waals surface area contributed by atoms with Crippen molar-refractivity contribution in [3.05, 3.63) is 41.7 Å². The number of nitrogens with zero attached hydrogens (tertiary/aromatic N) is 7. The Bertz CT molecular complexity index is 1440. The Labute approximate surface area is 227 Å². The molecule has 6 rings (SSSR count). The number of aromatic nitrogens is 5. The Hall–Kier alpha value is -3.61. The van der Waals surface area contributed by atoms with Crippen LogP contribution in [0.5, 0.6) is 0 Å². The number of amides is 1. The van der Waals surface area contributed by atoms with Gasteiger partial charge in [-0.1, -0.05) is 23.5 Å². The first-order valence-electron chi connectivity index (χ1n) is 13.1. The minimum absolute atomic E-state index is 0.0618. The van der Waals surface area contributed by atoms with Gasteiger partial charge in [0, 0.05) is 45.0 Å². The van der Waals surface area contributed by atoms with Crippen LogP contribution in [0.1, 0.15) is 31.2 Å². The molecule has 0 spiro atoms. The van der Waals surface area contributed by atoms with Crippen molar-refractivity contribution < 1.29 is 18.0 Å². The molecule has 1 aromatic carbocycles. The maximum absolute atomic E-state index is 13.7. The fourth-order valence-electron chi connectivity index (χ4n) is 5.36. The lowest BCUT2D eigenvalue weighted by molar-refractivity contribution is -0.137. The summed E-state index contributed by atoms with van der Waals surface area (Å²) in [5, 5.41) is 3.88. The molecular weight excluding hydrogens is 529 g/mol. The van der Waals surface area contributed by atoms with Crippen LogP contribution in [0, 0.1) is 0 Å². The molecular formula is C26H29F3N8OS. The quantitative estimate of drug-likeness (QED) is 0.385. The summed E-state index contributed by atoms with van der Waals surface area (Å²) in [6.45, 7) is 5.21. The number of halogens is 3. The molecule has 1 N–H and O–H groups in total. The lowest BCUT2D eigenvalue weighted by Crippen LogP contribution is -2.54. The summed E-state index contributed by atoms with van der Waals surface area (Å²) in [6.07, 6.45) is 2.72. The van der Waals surface area contributed by atoms with Gasteiger partial charge in [-0.05, 0) is 38.3 Å². The number of aromatic amines is 1. The van der Waals surface area contributed by atoms with Gasteiger partial charge >= 0.3 is 6.18 Å². The number of H-pyrrole nitrogens is 1. The van der Waals surface area contributed by atoms with E-state index in [0.717, 1.165) is 37.1 Å². The van der Waals surface area contributed by atoms with Crippen LogP contribution in [0.4, 0.5) is 23.9 Å². The van der Waals surface area contributed by atoms with Crippen LogP contribution >= 0.6 is 11.3 Å². The van der Waals surface area contributed by atoms with Crippen molar-refractivity contribution in [2.24, 2.45) is 0 Å². The first-order valence-corrected chi connectivity index (χ1v) is 13.9. The number of anilines is 2. The van der Waals surface area contributed by atoms with E-state index in [4.69, 9.17) is 0 Å². The van der Waals surface area contributed by atoms with E-state index in [1.165, 1.54) is 6.42 Å². The standard InChI is InChI=1S/C26H29F3N8OS/c1-17-14-35(11-12-37(17)21(38)16-36-15-18(13-30-36)34-9-5-2-6-10-34)24-22(33-25(39-24)26(27,28)29)23-31-19-7-3-4-8-20(19)32-23/h3-4,7-8,13,15,17H,2,5-6,9-12,14,16H2,1H3,(H,31,32)/t17-/m1/s1. The SMILES string of the molecule is C[C@@H]1CN(c2sc(C(F)(F)F)nc2-c2nc3ccccc3[nH]2)CCN1C(=O)Cn1cc(N2CCCCC2)cn1. The molecule has 2 aliphatic heterocycles. The average molecular weight is 559 g/mol. The number of hydrogen-bond acceptors (Lipinski definition) is 7. The number of hydrogen-bond donors (Lipinski definition) is 1. The van der Waals surface area contributed by atoms with Gasteiger partial charge in [-0.2, -0.15) is 18.3 Å². The van der Waals surface area contributed by atoms with Gasteiger partial charge in [-0.3, -0.25) is 9.48 Å². The molecule has 0 saturated carbocycles. The Morgan fingerprint density at radius 2 is 1.87 bits per heavy atom. The number of alkyl halides is 3. The van der Waals surface area contributed by atoms with Crippen molar-refractivity contribution in [1.29, 1.82) is 0 Å². The summed E-state index contributed by atoms with van der Waals surface area (Å²) < 4.78 is 42.7. The number of imidazole rings is 1. The van der Waals surface area contributed by atoms with Crippen LogP contribution < -0.4 is 9.80 Å². The van der Waals surface area contributed by atoms with Gasteiger partial charge in [0.25, 0.3) is 0 Å². The van der Waals surface area contributed by atoms with E-state index >= 15 is 0 Å². The highest BCUT2D eigenvalue weighted by Gasteiger charge is 2.39. The van der Waals surface area contributed by atoms with Crippen LogP contribution in [0.25, 0.3) is 22.6 Å². The first-order chi connectivity index (χ1) is 18.8. The zero-order valence-electron chi connectivity index (χ0n) is 21.5. The molecule has 0 aliphatic carbocycles. The molecule has 1 atom stereocenters. The fourth-order valence-corrected chi connectivity index (χ4v) is 6.33. The molecule has 3 aromatic heterocycles. The summed E-state index contributed by atoms with van der Waals surface area (Å²) in [5.74, 6) is 0.237. The molecule has 9 nitrogen and oxygen atoms in total. The van der Waals surface area contributed by atoms with Gasteiger partial charge in [-0.25, -0.2) is 9.97 Å². The lowest BCUT2D eigenvalue weighted by atomic mass is 10.1. The molecule has 13 heteroatoms. The third kappa shape index (κ3) is 5.19. The average Bonchev–Trinajstić information content (AvgIpc) is 3.66. The van der Waals surface area contributed by atoms with E-state index in [-0.39, 0.29) is 24.2 Å². The number of thiazole rings is 1. The van der Waals surface area contributed by atoms with Crippen molar-refractivity contribution in [3.8, 4) is 11.5 Å². The van der Waals surface area contributed by atoms with E-state index in [1.807, 2.05) is 42.4 Å². The maximum Gasteiger partial charge on any atom is 0.443 e. The van der Waals surface area contributed by atoms with E-state index in [1.54, 1.807) is 15.6 Å². The summed E-state index contributed by atoms with van der Waals surface area (Å²) in [7, 11) is 0. The Morgan fingerprint density at radius 1 is 1.08 bits per heavy atom. The molecule has 5 heterocycles. The second-order valence-corrected chi connectivity index (χ2v) is 11.1. The summed E-state index contributed by atoms with van der Waals surface area (Å²) in [5.41, 5.74) is 2.60. The second kappa shape index (κ2) is 10.2. The fraction of sp³-hybridized carbons (Fsp3) is 0.462. The molecule has 206 valence electrons. The number of carbonyl (C=O) groups is 1. The molecule has 1 amide bonds. The molecule has 0 radical (unpaired) electrons. The van der Waals surface area contributed by atoms with Crippen molar-refractivity contribution in [2.75, 3.05) is 42.5 Å². The molecule has 2 fully saturated rings. The predicted octanol–water partition coefficient (Wildman–Crippen LogP) is 4.63. The van der Waals surface area contributed by atoms with Crippen molar-refractivity contribution in [3.63, 3.8) is 0 Å². The molecule has 2 saturated heterocycles. The van der Waals surface area contributed by atoms with Gasteiger partial charge in [-0.15, -0.1) is 0 Å². The van der Waals surface area contributed by atoms with Crippen LogP contribution in [-0.2, 0) is 17.5 Å². The van der Waals surface area contributed by atoms with Gasteiger partial charge in [0.15, 0.2) is 5.82 Å². The number of rotatable bonds is 5. The minimum atomic E-state index is -4.57. The number of benzene rings is 1. The first kappa shape index (κ1) is 25.7. The number of fused-ring (bicyclic) bond motifs is 1. The zero-order chi connectivity index (χ0) is 27.1. The number of piperidine rings is 1. The van der Waals surface area contributed by atoms with Crippen LogP contribution in [-0.4, -0.2) is 74.3 Å². The topological polar surface area (TPSA) is 86.2 Å². The normalized spacial score (nSPS) is 18.8. The smallest absolute Gasteiger partial charge is 0.369 e. The molecule has 4 aromatic rings. The van der Waals surface area contributed by atoms with Crippen LogP contribution in [0.15, 0.2) is 36.7 Å². The Balaban J connectivity index is 1.18. The summed E-state index contributed by atoms with van der Waals surface area (Å²) in [6, 6.07) is 7.08. The second-order valence-electron chi connectivity index (χ2n) is 10.1. The number of para-hydroxylation sites is 2. The highest BCUT2D eigenvalue weighted by Crippen LogP contribution is 2.42. The van der Waals surface area contributed by atoms with E-state index in [2.05, 4.69) is 25.0 Å². The van der Waals surface area contributed by atoms with Crippen LogP contribution in [0.2, 0.25) is 0 Å². The van der Waals surface area contributed by atoms with Gasteiger partial charge in [0.05, 0.1) is 22.9 Å². The maximum atomic E-state index is 13.7. The monoisotopic (exact) mass is 558 g/mol. The molecule has 39 heavy (non-hydrogen) atoms. The summed E-state index contributed by atoms with van der Waals surface area (Å²) in [4.78, 5) is 30.7. The van der Waals surface area contributed by atoms with E-state index in [9.17, 15) is 18.0 Å². The van der Waals surface area contributed by atoms with Crippen molar-refractivity contribution in [2.45, 2.75) is 44.9 Å². The molecule has 0 unspecified atom stereocenters. The van der Waals surface area contributed by atoms with Gasteiger partial charge in [0.2, 0.25) is 10.9 Å². The lowest BCUT2D eigenvalue weighted by Gasteiger charge is -2.40. The summed E-state index contributed by atoms with van der Waals surface area (Å²) >= 11 is 0.616. The van der Waals surface area contributed by atoms with Gasteiger partial charge in [0.1, 0.15) is 17.2 Å². The predicted molar refractivity (Wildman–Crippen MR) is 144 cm³/mol. The molecule has 0 bridgehead atoms. The van der Waals surface area contributed by atoms with Gasteiger partial charge < -0.3 is 19.7 Å². The third-order valence-electron chi connectivity index (χ3n) is 7.34. The van der Waals surface area contributed by atoms with Crippen molar-refractivity contribution in [1.82, 2.24) is 29.6 Å². The number of carbonyl (C=O) groups excluding carboxylic acids is 1. The minimum Gasteiger partial charge on any atom is -0.369 e. The van der Waals surface area contributed by atoms with E-state index in [0.29, 0.717) is 47.3 Å². The highest BCUT2D eigenvalue weighted by molar-refractivity contribution is 7.16. The highest BCUT2D eigenvalue weighted by atomic mass is 32.1. The van der Waals surface area contributed by atoms with E-state index < -0.39 is 11.2 Å². The van der Waals surface area contributed by atoms with Crippen molar-refractivity contribution >= 4 is 39.0 Å².